The molecule has 0 saturated heterocycles. The molecule has 20 heavy (non-hydrogen) atoms. The molecule has 0 bridgehead atoms. The SMILES string of the molecule is C=CC(O)C(F)(F)/C(F)=C\CCCCCCCCCC. The molecule has 1 atom stereocenters. The Morgan fingerprint density at radius 1 is 1.10 bits per heavy atom. The van der Waals surface area contributed by atoms with E-state index in [-0.39, 0.29) is 6.42 Å². The van der Waals surface area contributed by atoms with E-state index in [0.717, 1.165) is 25.3 Å². The first-order chi connectivity index (χ1) is 9.46. The van der Waals surface area contributed by atoms with Gasteiger partial charge in [-0.15, -0.1) is 6.58 Å². The lowest BCUT2D eigenvalue weighted by atomic mass is 10.1. The fraction of sp³-hybridized carbons (Fsp3) is 0.750. The zero-order chi connectivity index (χ0) is 15.4. The largest absolute Gasteiger partial charge is 0.382 e. The number of hydrogen-bond donors (Lipinski definition) is 1. The molecule has 0 aliphatic rings. The van der Waals surface area contributed by atoms with Crippen LogP contribution in [-0.4, -0.2) is 17.1 Å². The molecule has 1 unspecified atom stereocenters. The molecule has 0 radical (unpaired) electrons. The molecule has 0 aromatic rings. The molecule has 1 N–H and O–H groups in total. The van der Waals surface area contributed by atoms with Gasteiger partial charge in [0.1, 0.15) is 6.10 Å². The molecule has 0 aromatic heterocycles. The van der Waals surface area contributed by atoms with Gasteiger partial charge in [-0.25, -0.2) is 4.39 Å². The Morgan fingerprint density at radius 2 is 1.60 bits per heavy atom. The maximum Gasteiger partial charge on any atom is 0.327 e. The number of halogens is 3. The van der Waals surface area contributed by atoms with Crippen LogP contribution in [0.2, 0.25) is 0 Å². The van der Waals surface area contributed by atoms with Crippen LogP contribution < -0.4 is 0 Å². The Bertz CT molecular complexity index is 287. The van der Waals surface area contributed by atoms with Crippen molar-refractivity contribution in [1.29, 1.82) is 0 Å². The van der Waals surface area contributed by atoms with Crippen molar-refractivity contribution in [2.75, 3.05) is 0 Å². The molecule has 118 valence electrons. The van der Waals surface area contributed by atoms with Gasteiger partial charge < -0.3 is 5.11 Å². The summed E-state index contributed by atoms with van der Waals surface area (Å²) in [7, 11) is 0. The summed E-state index contributed by atoms with van der Waals surface area (Å²) in [5.74, 6) is -5.42. The monoisotopic (exact) mass is 292 g/mol. The van der Waals surface area contributed by atoms with Gasteiger partial charge in [-0.2, -0.15) is 8.78 Å². The fourth-order valence-electron chi connectivity index (χ4n) is 1.93. The summed E-state index contributed by atoms with van der Waals surface area (Å²) in [6, 6.07) is 0. The zero-order valence-corrected chi connectivity index (χ0v) is 12.4. The van der Waals surface area contributed by atoms with E-state index >= 15 is 0 Å². The van der Waals surface area contributed by atoms with Crippen LogP contribution in [0.15, 0.2) is 24.6 Å². The predicted molar refractivity (Wildman–Crippen MR) is 77.6 cm³/mol. The molecule has 0 spiro atoms. The molecular weight excluding hydrogens is 265 g/mol. The highest BCUT2D eigenvalue weighted by atomic mass is 19.3. The Morgan fingerprint density at radius 3 is 2.10 bits per heavy atom. The minimum absolute atomic E-state index is 0.278. The minimum atomic E-state index is -3.86. The van der Waals surface area contributed by atoms with E-state index in [4.69, 9.17) is 5.11 Å². The Balaban J connectivity index is 3.76. The third-order valence-electron chi connectivity index (χ3n) is 3.29. The van der Waals surface area contributed by atoms with Crippen molar-refractivity contribution in [2.45, 2.75) is 76.7 Å². The maximum absolute atomic E-state index is 13.2. The van der Waals surface area contributed by atoms with E-state index in [0.29, 0.717) is 12.5 Å². The van der Waals surface area contributed by atoms with Crippen molar-refractivity contribution in [3.8, 4) is 0 Å². The van der Waals surface area contributed by atoms with Crippen LogP contribution in [0.4, 0.5) is 13.2 Å². The molecule has 0 heterocycles. The van der Waals surface area contributed by atoms with Gasteiger partial charge in [0.05, 0.1) is 0 Å². The van der Waals surface area contributed by atoms with Crippen LogP contribution in [0.5, 0.6) is 0 Å². The van der Waals surface area contributed by atoms with Crippen LogP contribution in [0.1, 0.15) is 64.7 Å². The predicted octanol–water partition coefficient (Wildman–Crippen LogP) is 5.55. The molecule has 0 aromatic carbocycles. The first-order valence-corrected chi connectivity index (χ1v) is 7.51. The number of aliphatic hydroxyl groups is 1. The molecule has 0 aliphatic carbocycles. The molecular formula is C16H27F3O. The lowest BCUT2D eigenvalue weighted by Crippen LogP contribution is -2.32. The van der Waals surface area contributed by atoms with Crippen LogP contribution in [-0.2, 0) is 0 Å². The van der Waals surface area contributed by atoms with Gasteiger partial charge in [-0.05, 0) is 18.9 Å². The molecule has 0 saturated carbocycles. The van der Waals surface area contributed by atoms with E-state index in [9.17, 15) is 13.2 Å². The summed E-state index contributed by atoms with van der Waals surface area (Å²) in [4.78, 5) is 0. The molecule has 0 rings (SSSR count). The van der Waals surface area contributed by atoms with Gasteiger partial charge in [0.2, 0.25) is 0 Å². The van der Waals surface area contributed by atoms with Crippen LogP contribution in [0.3, 0.4) is 0 Å². The third-order valence-corrected chi connectivity index (χ3v) is 3.29. The standard InChI is InChI=1S/C16H27F3O/c1-3-5-6-7-8-9-10-11-12-13-14(17)16(18,19)15(20)4-2/h4,13,15,20H,2-3,5-12H2,1H3/b14-13+. The molecule has 0 aliphatic heterocycles. The van der Waals surface area contributed by atoms with Crippen molar-refractivity contribution in [2.24, 2.45) is 0 Å². The van der Waals surface area contributed by atoms with Crippen molar-refractivity contribution >= 4 is 0 Å². The normalized spacial score (nSPS) is 14.3. The van der Waals surface area contributed by atoms with Crippen LogP contribution >= 0.6 is 0 Å². The number of aliphatic hydroxyl groups excluding tert-OH is 1. The minimum Gasteiger partial charge on any atom is -0.382 e. The van der Waals surface area contributed by atoms with Crippen molar-refractivity contribution in [3.05, 3.63) is 24.6 Å². The highest BCUT2D eigenvalue weighted by Crippen LogP contribution is 2.30. The smallest absolute Gasteiger partial charge is 0.327 e. The van der Waals surface area contributed by atoms with E-state index in [1.54, 1.807) is 0 Å². The topological polar surface area (TPSA) is 20.2 Å². The van der Waals surface area contributed by atoms with Crippen molar-refractivity contribution in [1.82, 2.24) is 0 Å². The fourth-order valence-corrected chi connectivity index (χ4v) is 1.93. The zero-order valence-electron chi connectivity index (χ0n) is 12.4. The first-order valence-electron chi connectivity index (χ1n) is 7.51. The Labute approximate surface area is 120 Å². The average Bonchev–Trinajstić information content (AvgIpc) is 2.44. The second-order valence-corrected chi connectivity index (χ2v) is 5.12. The summed E-state index contributed by atoms with van der Waals surface area (Å²) in [6.07, 6.45) is 8.39. The highest BCUT2D eigenvalue weighted by molar-refractivity contribution is 5.11. The van der Waals surface area contributed by atoms with Crippen molar-refractivity contribution < 1.29 is 18.3 Å². The first kappa shape index (κ1) is 19.2. The van der Waals surface area contributed by atoms with Gasteiger partial charge in [-0.1, -0.05) is 57.9 Å². The molecule has 1 nitrogen and oxygen atoms in total. The van der Waals surface area contributed by atoms with Crippen LogP contribution in [0, 0.1) is 0 Å². The van der Waals surface area contributed by atoms with E-state index in [2.05, 4.69) is 13.5 Å². The van der Waals surface area contributed by atoms with Gasteiger partial charge in [0, 0.05) is 0 Å². The summed E-state index contributed by atoms with van der Waals surface area (Å²) in [5, 5.41) is 8.95. The second-order valence-electron chi connectivity index (χ2n) is 5.12. The number of rotatable bonds is 12. The lowest BCUT2D eigenvalue weighted by Gasteiger charge is -2.17. The number of alkyl halides is 2. The quantitative estimate of drug-likeness (QED) is 0.369. The summed E-state index contributed by atoms with van der Waals surface area (Å²) in [5.41, 5.74) is 0. The molecule has 0 fully saturated rings. The molecule has 0 amide bonds. The van der Waals surface area contributed by atoms with Gasteiger partial charge in [-0.3, -0.25) is 0 Å². The Kier molecular flexibility index (Phi) is 10.5. The van der Waals surface area contributed by atoms with E-state index in [1.807, 2.05) is 0 Å². The maximum atomic E-state index is 13.2. The lowest BCUT2D eigenvalue weighted by molar-refractivity contribution is -0.0701. The van der Waals surface area contributed by atoms with E-state index in [1.165, 1.54) is 25.7 Å². The van der Waals surface area contributed by atoms with Crippen LogP contribution in [0.25, 0.3) is 0 Å². The summed E-state index contributed by atoms with van der Waals surface area (Å²) < 4.78 is 39.6. The van der Waals surface area contributed by atoms with Gasteiger partial charge in [0.15, 0.2) is 5.83 Å². The highest BCUT2D eigenvalue weighted by Gasteiger charge is 2.41. The summed E-state index contributed by atoms with van der Waals surface area (Å²) in [6.45, 7) is 5.20. The van der Waals surface area contributed by atoms with Gasteiger partial charge >= 0.3 is 5.92 Å². The summed E-state index contributed by atoms with van der Waals surface area (Å²) >= 11 is 0. The number of unbranched alkanes of at least 4 members (excludes halogenated alkanes) is 8. The number of hydrogen-bond acceptors (Lipinski definition) is 1. The number of allylic oxidation sites excluding steroid dienone is 1. The van der Waals surface area contributed by atoms with Gasteiger partial charge in [0.25, 0.3) is 0 Å². The average molecular weight is 292 g/mol. The second kappa shape index (κ2) is 11.0. The van der Waals surface area contributed by atoms with E-state index < -0.39 is 17.9 Å². The molecule has 4 heteroatoms. The third kappa shape index (κ3) is 7.73. The van der Waals surface area contributed by atoms with Crippen molar-refractivity contribution in [3.63, 3.8) is 0 Å². The Hall–Kier alpha value is -0.770.